The fourth-order valence-corrected chi connectivity index (χ4v) is 1.56. The van der Waals surface area contributed by atoms with Crippen molar-refractivity contribution in [2.24, 2.45) is 5.41 Å². The molecule has 0 radical (unpaired) electrons. The van der Waals surface area contributed by atoms with E-state index in [2.05, 4.69) is 10.3 Å². The zero-order valence-corrected chi connectivity index (χ0v) is 9.50. The first-order chi connectivity index (χ1) is 7.65. The van der Waals surface area contributed by atoms with E-state index in [1.807, 2.05) is 0 Å². The van der Waals surface area contributed by atoms with E-state index < -0.39 is 0 Å². The van der Waals surface area contributed by atoms with E-state index >= 15 is 0 Å². The number of nitrogens with one attached hydrogen (secondary N) is 1. The summed E-state index contributed by atoms with van der Waals surface area (Å²) in [4.78, 5) is 15.5. The Morgan fingerprint density at radius 2 is 2.31 bits per heavy atom. The molecule has 1 amide bonds. The topological polar surface area (TPSA) is 62.2 Å². The van der Waals surface area contributed by atoms with Crippen molar-refractivity contribution in [3.63, 3.8) is 0 Å². The van der Waals surface area contributed by atoms with Gasteiger partial charge in [0.05, 0.1) is 12.2 Å². The van der Waals surface area contributed by atoms with Gasteiger partial charge in [0.25, 0.3) is 5.91 Å². The summed E-state index contributed by atoms with van der Waals surface area (Å²) < 4.78 is 0. The van der Waals surface area contributed by atoms with Crippen molar-refractivity contribution in [2.75, 3.05) is 13.2 Å². The molecule has 0 unspecified atom stereocenters. The van der Waals surface area contributed by atoms with Gasteiger partial charge in [0, 0.05) is 18.2 Å². The fourth-order valence-electron chi connectivity index (χ4n) is 1.45. The van der Waals surface area contributed by atoms with Crippen LogP contribution in [-0.4, -0.2) is 29.1 Å². The molecule has 86 valence electrons. The predicted octanol–water partition coefficient (Wildman–Crippen LogP) is 1.24. The molecule has 1 heterocycles. The maximum Gasteiger partial charge on any atom is 0.252 e. The lowest BCUT2D eigenvalue weighted by Crippen LogP contribution is -2.31. The first kappa shape index (κ1) is 11.4. The van der Waals surface area contributed by atoms with Crippen LogP contribution in [0.3, 0.4) is 0 Å². The third kappa shape index (κ3) is 2.51. The van der Waals surface area contributed by atoms with E-state index in [9.17, 15) is 4.79 Å². The van der Waals surface area contributed by atoms with Gasteiger partial charge in [-0.3, -0.25) is 4.79 Å². The van der Waals surface area contributed by atoms with E-state index in [-0.39, 0.29) is 17.9 Å². The zero-order valence-electron chi connectivity index (χ0n) is 8.74. The van der Waals surface area contributed by atoms with Crippen LogP contribution in [0.4, 0.5) is 0 Å². The van der Waals surface area contributed by atoms with E-state index in [1.54, 1.807) is 12.1 Å². The Labute approximate surface area is 98.6 Å². The molecule has 2 rings (SSSR count). The Kier molecular flexibility index (Phi) is 3.12. The molecule has 0 aliphatic heterocycles. The number of amides is 1. The summed E-state index contributed by atoms with van der Waals surface area (Å²) in [6.07, 6.45) is 3.39. The van der Waals surface area contributed by atoms with Crippen LogP contribution in [0, 0.1) is 5.41 Å². The molecule has 0 saturated heterocycles. The Hall–Kier alpha value is -1.13. The number of rotatable bonds is 4. The van der Waals surface area contributed by atoms with Crippen LogP contribution >= 0.6 is 11.6 Å². The molecule has 1 fully saturated rings. The molecule has 5 heteroatoms. The highest BCUT2D eigenvalue weighted by Crippen LogP contribution is 2.44. The summed E-state index contributed by atoms with van der Waals surface area (Å²) in [6.45, 7) is 0.650. The second-order valence-corrected chi connectivity index (χ2v) is 4.60. The van der Waals surface area contributed by atoms with Crippen molar-refractivity contribution in [3.05, 3.63) is 29.0 Å². The van der Waals surface area contributed by atoms with E-state index in [4.69, 9.17) is 16.7 Å². The molecule has 1 aromatic rings. The molecule has 0 bridgehead atoms. The molecule has 0 aromatic carbocycles. The maximum absolute atomic E-state index is 11.7. The second-order valence-electron chi connectivity index (χ2n) is 4.21. The zero-order chi connectivity index (χ0) is 11.6. The number of halogens is 1. The van der Waals surface area contributed by atoms with Crippen LogP contribution in [0.1, 0.15) is 23.2 Å². The van der Waals surface area contributed by atoms with Gasteiger partial charge in [0.2, 0.25) is 0 Å². The smallest absolute Gasteiger partial charge is 0.252 e. The quantitative estimate of drug-likeness (QED) is 0.779. The van der Waals surface area contributed by atoms with Crippen LogP contribution < -0.4 is 5.32 Å². The monoisotopic (exact) mass is 240 g/mol. The Balaban J connectivity index is 1.91. The van der Waals surface area contributed by atoms with Crippen molar-refractivity contribution in [1.29, 1.82) is 0 Å². The van der Waals surface area contributed by atoms with Crippen molar-refractivity contribution < 1.29 is 9.90 Å². The van der Waals surface area contributed by atoms with Gasteiger partial charge in [-0.1, -0.05) is 11.6 Å². The lowest BCUT2D eigenvalue weighted by molar-refractivity contribution is 0.0935. The molecule has 4 nitrogen and oxygen atoms in total. The first-order valence-corrected chi connectivity index (χ1v) is 5.54. The summed E-state index contributed by atoms with van der Waals surface area (Å²) >= 11 is 5.62. The minimum atomic E-state index is -0.177. The van der Waals surface area contributed by atoms with Crippen LogP contribution in [0.15, 0.2) is 18.3 Å². The fraction of sp³-hybridized carbons (Fsp3) is 0.455. The van der Waals surface area contributed by atoms with Crippen LogP contribution in [-0.2, 0) is 0 Å². The van der Waals surface area contributed by atoms with E-state index in [0.717, 1.165) is 12.8 Å². The van der Waals surface area contributed by atoms with Gasteiger partial charge in [-0.05, 0) is 25.0 Å². The lowest BCUT2D eigenvalue weighted by atomic mass is 10.1. The van der Waals surface area contributed by atoms with Gasteiger partial charge >= 0.3 is 0 Å². The molecular formula is C11H13ClN2O2. The van der Waals surface area contributed by atoms with Gasteiger partial charge in [-0.15, -0.1) is 0 Å². The minimum absolute atomic E-state index is 0.0739. The summed E-state index contributed by atoms with van der Waals surface area (Å²) in [5.74, 6) is -0.177. The third-order valence-electron chi connectivity index (χ3n) is 2.91. The number of aliphatic hydroxyl groups excluding tert-OH is 1. The Bertz CT molecular complexity index is 387. The third-order valence-corrected chi connectivity index (χ3v) is 3.13. The van der Waals surface area contributed by atoms with Crippen molar-refractivity contribution in [2.45, 2.75) is 12.8 Å². The maximum atomic E-state index is 11.7. The molecule has 1 aromatic heterocycles. The summed E-state index contributed by atoms with van der Waals surface area (Å²) in [5.41, 5.74) is 0.410. The standard InChI is InChI=1S/C11H13ClN2O2/c12-9-2-1-8(5-13-9)10(16)14-6-11(7-15)3-4-11/h1-2,5,15H,3-4,6-7H2,(H,14,16). The summed E-state index contributed by atoms with van der Waals surface area (Å²) in [6, 6.07) is 3.21. The van der Waals surface area contributed by atoms with Gasteiger partial charge in [-0.25, -0.2) is 4.98 Å². The van der Waals surface area contributed by atoms with Gasteiger partial charge < -0.3 is 10.4 Å². The Morgan fingerprint density at radius 3 is 2.81 bits per heavy atom. The second kappa shape index (κ2) is 4.39. The molecule has 1 aliphatic rings. The van der Waals surface area contributed by atoms with Crippen LogP contribution in [0.2, 0.25) is 5.15 Å². The summed E-state index contributed by atoms with van der Waals surface area (Å²) in [7, 11) is 0. The highest BCUT2D eigenvalue weighted by Gasteiger charge is 2.42. The highest BCUT2D eigenvalue weighted by molar-refractivity contribution is 6.29. The Morgan fingerprint density at radius 1 is 1.56 bits per heavy atom. The largest absolute Gasteiger partial charge is 0.396 e. The van der Waals surface area contributed by atoms with Crippen molar-refractivity contribution in [1.82, 2.24) is 10.3 Å². The number of carbonyl (C=O) groups is 1. The molecule has 1 saturated carbocycles. The number of pyridine rings is 1. The molecule has 0 atom stereocenters. The average Bonchev–Trinajstić information content (AvgIpc) is 3.08. The molecule has 2 N–H and O–H groups in total. The van der Waals surface area contributed by atoms with E-state index in [0.29, 0.717) is 17.3 Å². The molecule has 0 spiro atoms. The van der Waals surface area contributed by atoms with Crippen LogP contribution in [0.5, 0.6) is 0 Å². The average molecular weight is 241 g/mol. The van der Waals surface area contributed by atoms with Crippen LogP contribution in [0.25, 0.3) is 0 Å². The van der Waals surface area contributed by atoms with E-state index in [1.165, 1.54) is 6.20 Å². The van der Waals surface area contributed by atoms with Gasteiger partial charge in [0.15, 0.2) is 0 Å². The van der Waals surface area contributed by atoms with Gasteiger partial charge in [0.1, 0.15) is 5.15 Å². The predicted molar refractivity (Wildman–Crippen MR) is 60.3 cm³/mol. The number of nitrogens with zero attached hydrogens (tertiary/aromatic N) is 1. The number of hydrogen-bond acceptors (Lipinski definition) is 3. The number of carbonyl (C=O) groups excluding carboxylic acids is 1. The molecule has 16 heavy (non-hydrogen) atoms. The SMILES string of the molecule is O=C(NCC1(CO)CC1)c1ccc(Cl)nc1. The van der Waals surface area contributed by atoms with Crippen molar-refractivity contribution >= 4 is 17.5 Å². The highest BCUT2D eigenvalue weighted by atomic mass is 35.5. The molecule has 1 aliphatic carbocycles. The summed E-state index contributed by atoms with van der Waals surface area (Å²) in [5, 5.41) is 12.3. The molecular weight excluding hydrogens is 228 g/mol. The number of aliphatic hydroxyl groups is 1. The van der Waals surface area contributed by atoms with Crippen molar-refractivity contribution in [3.8, 4) is 0 Å². The normalized spacial score (nSPS) is 16.9. The van der Waals surface area contributed by atoms with Gasteiger partial charge in [-0.2, -0.15) is 0 Å². The minimum Gasteiger partial charge on any atom is -0.396 e. The number of aromatic nitrogens is 1. The first-order valence-electron chi connectivity index (χ1n) is 5.16. The number of hydrogen-bond donors (Lipinski definition) is 2. The lowest BCUT2D eigenvalue weighted by Gasteiger charge is -2.12.